The highest BCUT2D eigenvalue weighted by Gasteiger charge is 2.29. The van der Waals surface area contributed by atoms with Crippen LogP contribution >= 0.6 is 11.3 Å². The zero-order valence-electron chi connectivity index (χ0n) is 11.3. The molecule has 0 unspecified atom stereocenters. The minimum absolute atomic E-state index is 0.174. The van der Waals surface area contributed by atoms with Crippen molar-refractivity contribution in [2.75, 3.05) is 6.54 Å². The summed E-state index contributed by atoms with van der Waals surface area (Å²) < 4.78 is 5.29. The number of hydrogen-bond acceptors (Lipinski definition) is 4. The maximum absolute atomic E-state index is 12.5. The Morgan fingerprint density at radius 1 is 1.50 bits per heavy atom. The van der Waals surface area contributed by atoms with Gasteiger partial charge in [-0.2, -0.15) is 0 Å². The summed E-state index contributed by atoms with van der Waals surface area (Å²) in [6.45, 7) is 0.848. The molecule has 1 aliphatic rings. The first-order valence-electron chi connectivity index (χ1n) is 7.06. The molecule has 1 amide bonds. The fourth-order valence-corrected chi connectivity index (χ4v) is 3.50. The lowest BCUT2D eigenvalue weighted by Gasteiger charge is -2.34. The molecule has 0 bridgehead atoms. The number of aryl methyl sites for hydroxylation is 1. The van der Waals surface area contributed by atoms with Gasteiger partial charge in [0.05, 0.1) is 12.3 Å². The van der Waals surface area contributed by atoms with E-state index in [1.165, 1.54) is 6.42 Å². The lowest BCUT2D eigenvalue weighted by molar-refractivity contribution is -0.135. The van der Waals surface area contributed by atoms with Gasteiger partial charge in [0.25, 0.3) is 0 Å². The number of thiazole rings is 1. The number of carbonyl (C=O) groups is 1. The van der Waals surface area contributed by atoms with Gasteiger partial charge in [0.2, 0.25) is 5.91 Å². The average Bonchev–Trinajstić information content (AvgIpc) is 3.18. The third-order valence-electron chi connectivity index (χ3n) is 3.72. The van der Waals surface area contributed by atoms with E-state index in [2.05, 4.69) is 4.98 Å². The van der Waals surface area contributed by atoms with Crippen molar-refractivity contribution in [3.05, 3.63) is 40.7 Å². The van der Waals surface area contributed by atoms with E-state index < -0.39 is 0 Å². The first-order chi connectivity index (χ1) is 9.84. The normalized spacial score (nSPS) is 19.2. The molecule has 2 aromatic rings. The Bertz CT molecular complexity index is 536. The van der Waals surface area contributed by atoms with Crippen molar-refractivity contribution in [1.29, 1.82) is 0 Å². The standard InChI is InChI=1S/C15H18N2O2S/c18-14(7-6-12-4-3-10-19-12)17-9-2-1-5-13(17)15-16-8-11-20-15/h3-4,8,10-11,13H,1-2,5-7,9H2/t13-/m0/s1. The molecule has 5 heteroatoms. The topological polar surface area (TPSA) is 46.3 Å². The number of furan rings is 1. The van der Waals surface area contributed by atoms with E-state index in [-0.39, 0.29) is 11.9 Å². The molecule has 0 spiro atoms. The molecule has 0 radical (unpaired) electrons. The van der Waals surface area contributed by atoms with Gasteiger partial charge in [0.15, 0.2) is 0 Å². The summed E-state index contributed by atoms with van der Waals surface area (Å²) in [6.07, 6.45) is 7.95. The smallest absolute Gasteiger partial charge is 0.223 e. The van der Waals surface area contributed by atoms with E-state index in [1.807, 2.05) is 28.6 Å². The van der Waals surface area contributed by atoms with Crippen LogP contribution in [0.25, 0.3) is 0 Å². The van der Waals surface area contributed by atoms with Crippen molar-refractivity contribution in [2.24, 2.45) is 0 Å². The number of likely N-dealkylation sites (tertiary alicyclic amines) is 1. The van der Waals surface area contributed by atoms with Crippen LogP contribution in [0.15, 0.2) is 34.4 Å². The van der Waals surface area contributed by atoms with Gasteiger partial charge in [0.1, 0.15) is 10.8 Å². The van der Waals surface area contributed by atoms with E-state index in [0.717, 1.165) is 30.2 Å². The maximum atomic E-state index is 12.5. The zero-order chi connectivity index (χ0) is 13.8. The van der Waals surface area contributed by atoms with Crippen molar-refractivity contribution < 1.29 is 9.21 Å². The van der Waals surface area contributed by atoms with E-state index in [1.54, 1.807) is 17.6 Å². The molecule has 1 fully saturated rings. The van der Waals surface area contributed by atoms with Crippen LogP contribution in [0.1, 0.15) is 42.5 Å². The quantitative estimate of drug-likeness (QED) is 0.866. The molecule has 0 saturated carbocycles. The summed E-state index contributed by atoms with van der Waals surface area (Å²) in [6, 6.07) is 3.95. The summed E-state index contributed by atoms with van der Waals surface area (Å²) in [5.41, 5.74) is 0. The summed E-state index contributed by atoms with van der Waals surface area (Å²) in [4.78, 5) is 18.9. The Balaban J connectivity index is 1.65. The van der Waals surface area contributed by atoms with Gasteiger partial charge in [-0.3, -0.25) is 4.79 Å². The molecule has 3 rings (SSSR count). The van der Waals surface area contributed by atoms with Crippen LogP contribution in [0, 0.1) is 0 Å². The molecule has 106 valence electrons. The molecule has 1 atom stereocenters. The predicted molar refractivity (Wildman–Crippen MR) is 77.4 cm³/mol. The molecule has 2 aromatic heterocycles. The number of amides is 1. The van der Waals surface area contributed by atoms with Crippen LogP contribution < -0.4 is 0 Å². The third-order valence-corrected chi connectivity index (χ3v) is 4.60. The number of carbonyl (C=O) groups excluding carboxylic acids is 1. The van der Waals surface area contributed by atoms with E-state index in [4.69, 9.17) is 4.42 Å². The molecule has 1 saturated heterocycles. The average molecular weight is 290 g/mol. The first kappa shape index (κ1) is 13.4. The summed E-state index contributed by atoms with van der Waals surface area (Å²) >= 11 is 1.64. The lowest BCUT2D eigenvalue weighted by atomic mass is 10.0. The number of hydrogen-bond donors (Lipinski definition) is 0. The predicted octanol–water partition coefficient (Wildman–Crippen LogP) is 3.42. The number of aromatic nitrogens is 1. The summed E-state index contributed by atoms with van der Waals surface area (Å²) in [7, 11) is 0. The number of piperidine rings is 1. The molecule has 20 heavy (non-hydrogen) atoms. The summed E-state index contributed by atoms with van der Waals surface area (Å²) in [5.74, 6) is 1.09. The highest BCUT2D eigenvalue weighted by molar-refractivity contribution is 7.09. The molecule has 3 heterocycles. The fourth-order valence-electron chi connectivity index (χ4n) is 2.71. The molecule has 0 aromatic carbocycles. The second kappa shape index (κ2) is 6.22. The van der Waals surface area contributed by atoms with Crippen molar-refractivity contribution in [1.82, 2.24) is 9.88 Å². The van der Waals surface area contributed by atoms with Crippen LogP contribution in [-0.4, -0.2) is 22.3 Å². The summed E-state index contributed by atoms with van der Waals surface area (Å²) in [5, 5.41) is 3.05. The van der Waals surface area contributed by atoms with Gasteiger partial charge in [-0.05, 0) is 31.4 Å². The van der Waals surface area contributed by atoms with E-state index in [0.29, 0.717) is 12.8 Å². The van der Waals surface area contributed by atoms with Crippen LogP contribution in [0.4, 0.5) is 0 Å². The van der Waals surface area contributed by atoms with Gasteiger partial charge >= 0.3 is 0 Å². The minimum Gasteiger partial charge on any atom is -0.469 e. The lowest BCUT2D eigenvalue weighted by Crippen LogP contribution is -2.38. The molecule has 4 nitrogen and oxygen atoms in total. The highest BCUT2D eigenvalue weighted by Crippen LogP contribution is 2.32. The van der Waals surface area contributed by atoms with E-state index in [9.17, 15) is 4.79 Å². The van der Waals surface area contributed by atoms with Gasteiger partial charge in [-0.25, -0.2) is 4.98 Å². The monoisotopic (exact) mass is 290 g/mol. The van der Waals surface area contributed by atoms with Gasteiger partial charge < -0.3 is 9.32 Å². The largest absolute Gasteiger partial charge is 0.469 e. The molecule has 0 N–H and O–H groups in total. The van der Waals surface area contributed by atoms with Gasteiger partial charge in [-0.15, -0.1) is 11.3 Å². The second-order valence-corrected chi connectivity index (χ2v) is 5.97. The fraction of sp³-hybridized carbons (Fsp3) is 0.467. The SMILES string of the molecule is O=C(CCc1ccco1)N1CCCC[C@H]1c1nccs1. The Hall–Kier alpha value is -1.62. The van der Waals surface area contributed by atoms with Crippen LogP contribution in [0.5, 0.6) is 0 Å². The minimum atomic E-state index is 0.174. The van der Waals surface area contributed by atoms with Crippen LogP contribution in [0.3, 0.4) is 0 Å². The Kier molecular flexibility index (Phi) is 4.16. The Labute approximate surface area is 122 Å². The molecular weight excluding hydrogens is 272 g/mol. The van der Waals surface area contributed by atoms with Crippen LogP contribution in [0.2, 0.25) is 0 Å². The van der Waals surface area contributed by atoms with Gasteiger partial charge in [-0.1, -0.05) is 0 Å². The number of nitrogens with zero attached hydrogens (tertiary/aromatic N) is 2. The zero-order valence-corrected chi connectivity index (χ0v) is 12.1. The molecular formula is C15H18N2O2S. The second-order valence-electron chi connectivity index (χ2n) is 5.05. The first-order valence-corrected chi connectivity index (χ1v) is 7.94. The molecule has 1 aliphatic heterocycles. The van der Waals surface area contributed by atoms with Crippen molar-refractivity contribution in [3.63, 3.8) is 0 Å². The maximum Gasteiger partial charge on any atom is 0.223 e. The van der Waals surface area contributed by atoms with E-state index >= 15 is 0 Å². The Morgan fingerprint density at radius 2 is 2.45 bits per heavy atom. The third kappa shape index (κ3) is 2.93. The Morgan fingerprint density at radius 3 is 3.20 bits per heavy atom. The van der Waals surface area contributed by atoms with Crippen molar-refractivity contribution >= 4 is 17.2 Å². The molecule has 0 aliphatic carbocycles. The number of rotatable bonds is 4. The van der Waals surface area contributed by atoms with Crippen molar-refractivity contribution in [3.8, 4) is 0 Å². The van der Waals surface area contributed by atoms with Gasteiger partial charge in [0, 0.05) is 31.0 Å². The van der Waals surface area contributed by atoms with Crippen molar-refractivity contribution in [2.45, 2.75) is 38.1 Å². The van der Waals surface area contributed by atoms with Crippen LogP contribution in [-0.2, 0) is 11.2 Å². The highest BCUT2D eigenvalue weighted by atomic mass is 32.1.